The quantitative estimate of drug-likeness (QED) is 0.621. The SMILES string of the molecule is CCCCCCc1cc(Br)c2nc(Nc3cn[nH]c3)nn2c1. The van der Waals surface area contributed by atoms with Gasteiger partial charge in [-0.1, -0.05) is 26.2 Å². The van der Waals surface area contributed by atoms with Gasteiger partial charge in [-0.3, -0.25) is 5.10 Å². The number of aryl methyl sites for hydroxylation is 1. The molecular weight excluding hydrogens is 344 g/mol. The van der Waals surface area contributed by atoms with Crippen molar-refractivity contribution in [2.75, 3.05) is 5.32 Å². The number of nitrogens with zero attached hydrogens (tertiary/aromatic N) is 4. The van der Waals surface area contributed by atoms with Crippen molar-refractivity contribution in [2.24, 2.45) is 0 Å². The van der Waals surface area contributed by atoms with Crippen molar-refractivity contribution in [3.63, 3.8) is 0 Å². The second kappa shape index (κ2) is 6.91. The van der Waals surface area contributed by atoms with Crippen LogP contribution in [0.2, 0.25) is 0 Å². The third-order valence-electron chi connectivity index (χ3n) is 3.52. The summed E-state index contributed by atoms with van der Waals surface area (Å²) in [5.74, 6) is 0.560. The average molecular weight is 363 g/mol. The molecule has 0 aliphatic heterocycles. The summed E-state index contributed by atoms with van der Waals surface area (Å²) in [6.07, 6.45) is 11.6. The van der Waals surface area contributed by atoms with Gasteiger partial charge >= 0.3 is 0 Å². The number of rotatable bonds is 7. The maximum absolute atomic E-state index is 4.49. The van der Waals surface area contributed by atoms with E-state index in [-0.39, 0.29) is 0 Å². The van der Waals surface area contributed by atoms with Crippen molar-refractivity contribution in [3.05, 3.63) is 34.7 Å². The van der Waals surface area contributed by atoms with Crippen LogP contribution in [0.15, 0.2) is 29.1 Å². The van der Waals surface area contributed by atoms with E-state index < -0.39 is 0 Å². The van der Waals surface area contributed by atoms with Crippen LogP contribution in [0.1, 0.15) is 38.2 Å². The Balaban J connectivity index is 1.77. The Hall–Kier alpha value is -1.89. The monoisotopic (exact) mass is 362 g/mol. The molecule has 7 heteroatoms. The van der Waals surface area contributed by atoms with Crippen molar-refractivity contribution in [1.29, 1.82) is 0 Å². The molecule has 0 bridgehead atoms. The van der Waals surface area contributed by atoms with Crippen LogP contribution in [0.3, 0.4) is 0 Å². The van der Waals surface area contributed by atoms with E-state index in [4.69, 9.17) is 0 Å². The first-order chi connectivity index (χ1) is 10.8. The van der Waals surface area contributed by atoms with E-state index in [1.807, 2.05) is 4.52 Å². The first kappa shape index (κ1) is 15.0. The molecule has 0 unspecified atom stereocenters. The van der Waals surface area contributed by atoms with Crippen LogP contribution < -0.4 is 5.32 Å². The number of aromatic nitrogens is 5. The summed E-state index contributed by atoms with van der Waals surface area (Å²) in [6.45, 7) is 2.23. The van der Waals surface area contributed by atoms with Crippen LogP contribution in [0.25, 0.3) is 5.65 Å². The zero-order valence-corrected chi connectivity index (χ0v) is 14.1. The molecule has 0 aliphatic rings. The highest BCUT2D eigenvalue weighted by atomic mass is 79.9. The van der Waals surface area contributed by atoms with Crippen LogP contribution in [-0.4, -0.2) is 24.8 Å². The predicted molar refractivity (Wildman–Crippen MR) is 90.4 cm³/mol. The molecule has 6 nitrogen and oxygen atoms in total. The Morgan fingerprint density at radius 3 is 3.00 bits per heavy atom. The van der Waals surface area contributed by atoms with Gasteiger partial charge in [-0.15, -0.1) is 5.10 Å². The van der Waals surface area contributed by atoms with Gasteiger partial charge in [0.15, 0.2) is 5.65 Å². The summed E-state index contributed by atoms with van der Waals surface area (Å²) in [5, 5.41) is 14.2. The van der Waals surface area contributed by atoms with Crippen LogP contribution in [0.5, 0.6) is 0 Å². The zero-order valence-electron chi connectivity index (χ0n) is 12.5. The number of hydrogen-bond acceptors (Lipinski definition) is 4. The Morgan fingerprint density at radius 1 is 1.32 bits per heavy atom. The van der Waals surface area contributed by atoms with Gasteiger partial charge in [0.1, 0.15) is 0 Å². The molecule has 3 aromatic rings. The third kappa shape index (κ3) is 3.47. The standard InChI is InChI=1S/C15H19BrN6/c1-2-3-4-5-6-11-7-13(16)14-20-15(21-22(14)10-11)19-12-8-17-18-9-12/h7-10H,2-6H2,1H3,(H,17,18)(H,19,21). The Morgan fingerprint density at radius 2 is 2.23 bits per heavy atom. The van der Waals surface area contributed by atoms with E-state index in [2.05, 4.69) is 60.7 Å². The average Bonchev–Trinajstić information content (AvgIpc) is 3.13. The number of anilines is 2. The summed E-state index contributed by atoms with van der Waals surface area (Å²) < 4.78 is 2.79. The number of H-pyrrole nitrogens is 1. The lowest BCUT2D eigenvalue weighted by molar-refractivity contribution is 0.665. The van der Waals surface area contributed by atoms with E-state index in [0.29, 0.717) is 5.95 Å². The van der Waals surface area contributed by atoms with Crippen LogP contribution in [0.4, 0.5) is 11.6 Å². The molecule has 0 fully saturated rings. The maximum atomic E-state index is 4.49. The largest absolute Gasteiger partial charge is 0.320 e. The highest BCUT2D eigenvalue weighted by Crippen LogP contribution is 2.22. The topological polar surface area (TPSA) is 70.9 Å². The van der Waals surface area contributed by atoms with Gasteiger partial charge < -0.3 is 5.32 Å². The number of unbranched alkanes of at least 4 members (excludes halogenated alkanes) is 3. The number of halogens is 1. The molecule has 0 amide bonds. The minimum atomic E-state index is 0.560. The fourth-order valence-corrected chi connectivity index (χ4v) is 2.96. The molecule has 0 radical (unpaired) electrons. The van der Waals surface area contributed by atoms with Gasteiger partial charge in [-0.2, -0.15) is 10.1 Å². The molecule has 3 rings (SSSR count). The van der Waals surface area contributed by atoms with Gasteiger partial charge in [0.2, 0.25) is 5.95 Å². The lowest BCUT2D eigenvalue weighted by Crippen LogP contribution is -1.95. The molecule has 116 valence electrons. The first-order valence-electron chi connectivity index (χ1n) is 7.57. The molecule has 0 aliphatic carbocycles. The smallest absolute Gasteiger partial charge is 0.247 e. The molecule has 0 saturated heterocycles. The summed E-state index contributed by atoms with van der Waals surface area (Å²) in [7, 11) is 0. The molecule has 0 saturated carbocycles. The number of pyridine rings is 1. The Bertz CT molecular complexity index is 734. The summed E-state index contributed by atoms with van der Waals surface area (Å²) >= 11 is 3.59. The molecule has 0 aromatic carbocycles. The van der Waals surface area contributed by atoms with Gasteiger partial charge in [-0.25, -0.2) is 4.52 Å². The number of nitrogens with one attached hydrogen (secondary N) is 2. The third-order valence-corrected chi connectivity index (χ3v) is 4.10. The number of hydrogen-bond donors (Lipinski definition) is 2. The second-order valence-electron chi connectivity index (χ2n) is 5.32. The summed E-state index contributed by atoms with van der Waals surface area (Å²) in [6, 6.07) is 2.14. The van der Waals surface area contributed by atoms with E-state index in [1.165, 1.54) is 31.2 Å². The molecule has 0 spiro atoms. The highest BCUT2D eigenvalue weighted by molar-refractivity contribution is 9.10. The lowest BCUT2D eigenvalue weighted by Gasteiger charge is -2.03. The normalized spacial score (nSPS) is 11.2. The Kier molecular flexibility index (Phi) is 4.72. The summed E-state index contributed by atoms with van der Waals surface area (Å²) in [4.78, 5) is 4.49. The fraction of sp³-hybridized carbons (Fsp3) is 0.400. The molecule has 0 atom stereocenters. The predicted octanol–water partition coefficient (Wildman–Crippen LogP) is 4.08. The van der Waals surface area contributed by atoms with Crippen molar-refractivity contribution in [1.82, 2.24) is 24.8 Å². The molecular formula is C15H19BrN6. The minimum Gasteiger partial charge on any atom is -0.320 e. The van der Waals surface area contributed by atoms with E-state index in [0.717, 1.165) is 22.2 Å². The van der Waals surface area contributed by atoms with Gasteiger partial charge in [0.25, 0.3) is 0 Å². The van der Waals surface area contributed by atoms with Crippen molar-refractivity contribution in [3.8, 4) is 0 Å². The van der Waals surface area contributed by atoms with Gasteiger partial charge in [-0.05, 0) is 40.4 Å². The fourth-order valence-electron chi connectivity index (χ4n) is 2.39. The maximum Gasteiger partial charge on any atom is 0.247 e. The molecule has 3 aromatic heterocycles. The van der Waals surface area contributed by atoms with Gasteiger partial charge in [0, 0.05) is 12.4 Å². The van der Waals surface area contributed by atoms with Crippen molar-refractivity contribution < 1.29 is 0 Å². The molecule has 2 N–H and O–H groups in total. The van der Waals surface area contributed by atoms with Crippen molar-refractivity contribution >= 4 is 33.2 Å². The molecule has 3 heterocycles. The number of aromatic amines is 1. The first-order valence-corrected chi connectivity index (χ1v) is 8.36. The van der Waals surface area contributed by atoms with E-state index in [1.54, 1.807) is 12.4 Å². The zero-order chi connectivity index (χ0) is 15.4. The number of fused-ring (bicyclic) bond motifs is 1. The van der Waals surface area contributed by atoms with E-state index in [9.17, 15) is 0 Å². The Labute approximate surface area is 137 Å². The lowest BCUT2D eigenvalue weighted by atomic mass is 10.1. The molecule has 22 heavy (non-hydrogen) atoms. The van der Waals surface area contributed by atoms with Crippen molar-refractivity contribution in [2.45, 2.75) is 39.0 Å². The van der Waals surface area contributed by atoms with Crippen LogP contribution in [-0.2, 0) is 6.42 Å². The highest BCUT2D eigenvalue weighted by Gasteiger charge is 2.09. The van der Waals surface area contributed by atoms with Crippen LogP contribution in [0, 0.1) is 0 Å². The second-order valence-corrected chi connectivity index (χ2v) is 6.18. The minimum absolute atomic E-state index is 0.560. The summed E-state index contributed by atoms with van der Waals surface area (Å²) in [5.41, 5.74) is 2.92. The van der Waals surface area contributed by atoms with E-state index >= 15 is 0 Å². The van der Waals surface area contributed by atoms with Crippen LogP contribution >= 0.6 is 15.9 Å². The van der Waals surface area contributed by atoms with Gasteiger partial charge in [0.05, 0.1) is 16.4 Å².